The lowest BCUT2D eigenvalue weighted by Crippen LogP contribution is -2.46. The highest BCUT2D eigenvalue weighted by Crippen LogP contribution is 2.36. The summed E-state index contributed by atoms with van der Waals surface area (Å²) >= 11 is 1.44. The maximum Gasteiger partial charge on any atom is 0.347 e. The van der Waals surface area contributed by atoms with Gasteiger partial charge in [0.1, 0.15) is 11.6 Å². The summed E-state index contributed by atoms with van der Waals surface area (Å²) in [5.74, 6) is -1.20. The third-order valence-corrected chi connectivity index (χ3v) is 5.27. The lowest BCUT2D eigenvalue weighted by atomic mass is 10.3. The first-order valence-electron chi connectivity index (χ1n) is 7.41. The molecule has 0 saturated carbocycles. The molecule has 0 N–H and O–H groups in total. The van der Waals surface area contributed by atoms with Crippen LogP contribution in [0.2, 0.25) is 0 Å². The Morgan fingerprint density at radius 2 is 1.04 bits per heavy atom. The summed E-state index contributed by atoms with van der Waals surface area (Å²) in [6.45, 7) is 0. The zero-order valence-corrected chi connectivity index (χ0v) is 15.4. The highest BCUT2D eigenvalue weighted by molar-refractivity contribution is 8.02. The van der Waals surface area contributed by atoms with Crippen LogP contribution < -0.4 is 8.61 Å². The molecule has 0 radical (unpaired) electrons. The van der Waals surface area contributed by atoms with Crippen LogP contribution in [0.1, 0.15) is 0 Å². The van der Waals surface area contributed by atoms with Crippen LogP contribution in [0.3, 0.4) is 0 Å². The van der Waals surface area contributed by atoms with Gasteiger partial charge < -0.3 is 0 Å². The number of hydrogen-bond acceptors (Lipinski definition) is 4. The van der Waals surface area contributed by atoms with Gasteiger partial charge in [0.05, 0.1) is 35.6 Å². The second-order valence-electron chi connectivity index (χ2n) is 5.21. The lowest BCUT2D eigenvalue weighted by Gasteiger charge is -2.36. The Balaban J connectivity index is 1.97. The normalized spacial score (nSPS) is 16.0. The number of rotatable bonds is 2. The lowest BCUT2D eigenvalue weighted by molar-refractivity contribution is 0.236. The van der Waals surface area contributed by atoms with Crippen molar-refractivity contribution >= 4 is 47.7 Å². The van der Waals surface area contributed by atoms with E-state index in [1.54, 1.807) is 12.1 Å². The number of urea groups is 2. The molecule has 1 aliphatic rings. The summed E-state index contributed by atoms with van der Waals surface area (Å²) < 4.78 is 32.7. The smallest absolute Gasteiger partial charge is 0.252 e. The molecule has 0 bridgehead atoms. The van der Waals surface area contributed by atoms with Gasteiger partial charge in [-0.3, -0.25) is 8.61 Å². The average molecular weight is 396 g/mol. The van der Waals surface area contributed by atoms with Crippen molar-refractivity contribution in [3.05, 3.63) is 60.2 Å². The number of halogens is 2. The fourth-order valence-corrected chi connectivity index (χ4v) is 3.92. The molecule has 0 aromatic heterocycles. The van der Waals surface area contributed by atoms with Gasteiger partial charge in [-0.2, -0.15) is 0 Å². The summed E-state index contributed by atoms with van der Waals surface area (Å²) in [5.41, 5.74) is 0.0443. The Morgan fingerprint density at radius 1 is 0.692 bits per heavy atom. The minimum atomic E-state index is -0.598. The Bertz CT molecular complexity index is 785. The molecule has 2 aromatic rings. The van der Waals surface area contributed by atoms with Crippen LogP contribution in [0.4, 0.5) is 29.7 Å². The van der Waals surface area contributed by atoms with E-state index in [-0.39, 0.29) is 11.4 Å². The standard InChI is InChI=1S/C16H14F2N4O2S2/c1-19-15(23)21(13-9-5-3-7-11(13)17)26-20(2)16(24)22(25-19)14-10-6-4-8-12(14)18/h3-10H,1-2H3. The fraction of sp³-hybridized carbons (Fsp3) is 0.125. The Hall–Kier alpha value is -2.46. The van der Waals surface area contributed by atoms with E-state index in [0.717, 1.165) is 41.5 Å². The van der Waals surface area contributed by atoms with Crippen LogP contribution in [0.25, 0.3) is 0 Å². The number of carbonyl (C=O) groups is 2. The van der Waals surface area contributed by atoms with E-state index in [4.69, 9.17) is 0 Å². The van der Waals surface area contributed by atoms with E-state index in [9.17, 15) is 18.4 Å². The maximum absolute atomic E-state index is 14.1. The predicted octanol–water partition coefficient (Wildman–Crippen LogP) is 4.52. The van der Waals surface area contributed by atoms with Gasteiger partial charge in [-0.1, -0.05) is 24.3 Å². The van der Waals surface area contributed by atoms with Gasteiger partial charge in [0.25, 0.3) is 0 Å². The number of benzene rings is 2. The molecule has 1 aliphatic heterocycles. The quantitative estimate of drug-likeness (QED) is 0.700. The number of para-hydroxylation sites is 2. The molecule has 4 amide bonds. The van der Waals surface area contributed by atoms with Gasteiger partial charge in [0, 0.05) is 14.1 Å². The molecule has 6 nitrogen and oxygen atoms in total. The number of anilines is 2. The molecule has 2 aromatic carbocycles. The van der Waals surface area contributed by atoms with Crippen LogP contribution in [0.15, 0.2) is 48.5 Å². The van der Waals surface area contributed by atoms with E-state index >= 15 is 0 Å². The topological polar surface area (TPSA) is 47.1 Å². The molecule has 1 fully saturated rings. The zero-order valence-electron chi connectivity index (χ0n) is 13.8. The van der Waals surface area contributed by atoms with Gasteiger partial charge in [-0.05, 0) is 24.3 Å². The number of amides is 4. The first-order valence-corrected chi connectivity index (χ1v) is 8.87. The molecule has 1 heterocycles. The first-order chi connectivity index (χ1) is 12.4. The molecular formula is C16H14F2N4O2S2. The van der Waals surface area contributed by atoms with E-state index in [1.165, 1.54) is 50.5 Å². The summed E-state index contributed by atoms with van der Waals surface area (Å²) in [5, 5.41) is 0. The molecular weight excluding hydrogens is 382 g/mol. The third kappa shape index (κ3) is 3.42. The molecule has 0 aliphatic carbocycles. The van der Waals surface area contributed by atoms with Crippen molar-refractivity contribution in [3.63, 3.8) is 0 Å². The van der Waals surface area contributed by atoms with E-state index in [1.807, 2.05) is 0 Å². The number of nitrogens with zero attached hydrogens (tertiary/aromatic N) is 4. The van der Waals surface area contributed by atoms with Gasteiger partial charge in [-0.25, -0.2) is 27.0 Å². The molecule has 136 valence electrons. The van der Waals surface area contributed by atoms with Crippen molar-refractivity contribution in [1.82, 2.24) is 8.61 Å². The van der Waals surface area contributed by atoms with Crippen LogP contribution >= 0.6 is 24.3 Å². The Labute approximate surface area is 157 Å². The van der Waals surface area contributed by atoms with Gasteiger partial charge in [-0.15, -0.1) is 0 Å². The SMILES string of the molecule is CN1SN(c2ccccc2F)C(=O)N(C)SN(c2ccccc2F)C1=O. The molecule has 26 heavy (non-hydrogen) atoms. The fourth-order valence-electron chi connectivity index (χ4n) is 2.17. The largest absolute Gasteiger partial charge is 0.347 e. The zero-order chi connectivity index (χ0) is 18.8. The third-order valence-electron chi connectivity index (χ3n) is 3.44. The molecule has 10 heteroatoms. The molecule has 0 unspecified atom stereocenters. The highest BCUT2D eigenvalue weighted by atomic mass is 32.2. The number of hydrogen-bond donors (Lipinski definition) is 0. The maximum atomic E-state index is 14.1. The van der Waals surface area contributed by atoms with Crippen molar-refractivity contribution in [3.8, 4) is 0 Å². The summed E-state index contributed by atoms with van der Waals surface area (Å²) in [4.78, 5) is 25.5. The monoisotopic (exact) mass is 396 g/mol. The van der Waals surface area contributed by atoms with Crippen molar-refractivity contribution in [2.24, 2.45) is 0 Å². The second kappa shape index (κ2) is 7.42. The summed E-state index contributed by atoms with van der Waals surface area (Å²) in [7, 11) is 2.85. The minimum Gasteiger partial charge on any atom is -0.252 e. The minimum absolute atomic E-state index is 0.0222. The van der Waals surface area contributed by atoms with Crippen LogP contribution in [-0.4, -0.2) is 34.8 Å². The van der Waals surface area contributed by atoms with Gasteiger partial charge >= 0.3 is 12.1 Å². The summed E-state index contributed by atoms with van der Waals surface area (Å²) in [6, 6.07) is 10.4. The van der Waals surface area contributed by atoms with Gasteiger partial charge in [0.2, 0.25) is 0 Å². The Morgan fingerprint density at radius 3 is 1.38 bits per heavy atom. The summed E-state index contributed by atoms with van der Waals surface area (Å²) in [6.07, 6.45) is 0. The average Bonchev–Trinajstić information content (AvgIpc) is 2.63. The number of carbonyl (C=O) groups excluding carboxylic acids is 2. The second-order valence-corrected chi connectivity index (χ2v) is 7.37. The highest BCUT2D eigenvalue weighted by Gasteiger charge is 2.35. The van der Waals surface area contributed by atoms with Crippen LogP contribution in [0, 0.1) is 11.6 Å². The van der Waals surface area contributed by atoms with E-state index in [0.29, 0.717) is 0 Å². The van der Waals surface area contributed by atoms with Crippen molar-refractivity contribution in [1.29, 1.82) is 0 Å². The van der Waals surface area contributed by atoms with Crippen molar-refractivity contribution in [2.75, 3.05) is 22.7 Å². The Kier molecular flexibility index (Phi) is 5.23. The molecule has 1 saturated heterocycles. The van der Waals surface area contributed by atoms with E-state index in [2.05, 4.69) is 0 Å². The molecule has 3 rings (SSSR count). The van der Waals surface area contributed by atoms with Crippen molar-refractivity contribution < 1.29 is 18.4 Å². The van der Waals surface area contributed by atoms with Crippen LogP contribution in [0.5, 0.6) is 0 Å². The predicted molar refractivity (Wildman–Crippen MR) is 99.3 cm³/mol. The van der Waals surface area contributed by atoms with Crippen LogP contribution in [-0.2, 0) is 0 Å². The first kappa shape index (κ1) is 18.3. The van der Waals surface area contributed by atoms with Gasteiger partial charge in [0.15, 0.2) is 0 Å². The molecule has 0 atom stereocenters. The molecule has 0 spiro atoms. The van der Waals surface area contributed by atoms with Crippen molar-refractivity contribution in [2.45, 2.75) is 0 Å². The van der Waals surface area contributed by atoms with E-state index < -0.39 is 23.7 Å².